The van der Waals surface area contributed by atoms with Crippen molar-refractivity contribution in [2.45, 2.75) is 30.7 Å². The van der Waals surface area contributed by atoms with Gasteiger partial charge in [0.1, 0.15) is 10.6 Å². The highest BCUT2D eigenvalue weighted by molar-refractivity contribution is 7.89. The zero-order chi connectivity index (χ0) is 17.0. The summed E-state index contributed by atoms with van der Waals surface area (Å²) in [6, 6.07) is 4.42. The minimum Gasteiger partial charge on any atom is -0.492 e. The van der Waals surface area contributed by atoms with Crippen LogP contribution < -0.4 is 15.4 Å². The van der Waals surface area contributed by atoms with Crippen molar-refractivity contribution in [3.8, 4) is 5.75 Å². The average molecular weight is 378 g/mol. The molecule has 1 aliphatic heterocycles. The molecule has 24 heavy (non-hydrogen) atoms. The third-order valence-electron chi connectivity index (χ3n) is 3.65. The van der Waals surface area contributed by atoms with Crippen LogP contribution in [0, 0.1) is 0 Å². The molecule has 9 heteroatoms. The molecule has 1 amide bonds. The number of sulfonamides is 1. The lowest BCUT2D eigenvalue weighted by molar-refractivity contribution is -0.117. The number of anilines is 1. The molecule has 0 bridgehead atoms. The van der Waals surface area contributed by atoms with E-state index in [1.165, 1.54) is 20.2 Å². The van der Waals surface area contributed by atoms with Crippen molar-refractivity contribution in [2.24, 2.45) is 0 Å². The predicted molar refractivity (Wildman–Crippen MR) is 95.4 cm³/mol. The fourth-order valence-electron chi connectivity index (χ4n) is 2.40. The zero-order valence-electron chi connectivity index (χ0n) is 14.0. The van der Waals surface area contributed by atoms with Gasteiger partial charge in [-0.15, -0.1) is 12.4 Å². The summed E-state index contributed by atoms with van der Waals surface area (Å²) >= 11 is 0. The Morgan fingerprint density at radius 2 is 2.12 bits per heavy atom. The van der Waals surface area contributed by atoms with Crippen LogP contribution in [-0.2, 0) is 14.8 Å². The van der Waals surface area contributed by atoms with E-state index in [0.717, 1.165) is 23.7 Å². The molecule has 7 nitrogen and oxygen atoms in total. The number of carbonyl (C=O) groups excluding carboxylic acids is 1. The first-order valence-electron chi connectivity index (χ1n) is 7.60. The highest BCUT2D eigenvalue weighted by atomic mass is 35.5. The van der Waals surface area contributed by atoms with Gasteiger partial charge in [-0.1, -0.05) is 0 Å². The maximum absolute atomic E-state index is 12.4. The van der Waals surface area contributed by atoms with Gasteiger partial charge < -0.3 is 15.4 Å². The number of hydrogen-bond donors (Lipinski definition) is 2. The number of benzene rings is 1. The molecular weight excluding hydrogens is 354 g/mol. The second kappa shape index (κ2) is 8.66. The topological polar surface area (TPSA) is 87.7 Å². The maximum atomic E-state index is 12.4. The van der Waals surface area contributed by atoms with Crippen molar-refractivity contribution < 1.29 is 17.9 Å². The molecule has 0 radical (unpaired) electrons. The lowest BCUT2D eigenvalue weighted by Gasteiger charge is -2.17. The first kappa shape index (κ1) is 20.7. The van der Waals surface area contributed by atoms with E-state index >= 15 is 0 Å². The summed E-state index contributed by atoms with van der Waals surface area (Å²) in [6.07, 6.45) is 1.74. The summed E-state index contributed by atoms with van der Waals surface area (Å²) < 4.78 is 31.4. The number of hydrogen-bond acceptors (Lipinski definition) is 5. The molecule has 1 aromatic rings. The number of carbonyl (C=O) groups is 1. The van der Waals surface area contributed by atoms with Crippen LogP contribution in [-0.4, -0.2) is 51.9 Å². The Bertz CT molecular complexity index is 673. The summed E-state index contributed by atoms with van der Waals surface area (Å²) in [5.74, 6) is 0.123. The molecule has 1 unspecified atom stereocenters. The van der Waals surface area contributed by atoms with Crippen molar-refractivity contribution in [1.82, 2.24) is 9.62 Å². The number of nitrogens with zero attached hydrogens (tertiary/aromatic N) is 1. The van der Waals surface area contributed by atoms with Gasteiger partial charge in [0.15, 0.2) is 0 Å². The molecule has 1 saturated heterocycles. The zero-order valence-corrected chi connectivity index (χ0v) is 15.7. The van der Waals surface area contributed by atoms with Gasteiger partial charge in [-0.3, -0.25) is 4.79 Å². The number of ether oxygens (including phenoxy) is 1. The molecule has 136 valence electrons. The Morgan fingerprint density at radius 3 is 2.67 bits per heavy atom. The minimum atomic E-state index is -3.67. The lowest BCUT2D eigenvalue weighted by Crippen LogP contribution is -2.35. The van der Waals surface area contributed by atoms with Crippen LogP contribution in [0.1, 0.15) is 19.8 Å². The van der Waals surface area contributed by atoms with Crippen LogP contribution in [0.15, 0.2) is 23.1 Å². The van der Waals surface area contributed by atoms with Gasteiger partial charge in [-0.25, -0.2) is 12.7 Å². The normalized spacial score (nSPS) is 17.4. The van der Waals surface area contributed by atoms with E-state index in [1.54, 1.807) is 19.1 Å². The molecule has 0 aliphatic carbocycles. The third-order valence-corrected chi connectivity index (χ3v) is 5.48. The molecule has 0 spiro atoms. The van der Waals surface area contributed by atoms with Crippen molar-refractivity contribution in [3.05, 3.63) is 18.2 Å². The van der Waals surface area contributed by atoms with Crippen LogP contribution >= 0.6 is 12.4 Å². The van der Waals surface area contributed by atoms with Gasteiger partial charge in [0.2, 0.25) is 15.9 Å². The van der Waals surface area contributed by atoms with Crippen LogP contribution in [0.5, 0.6) is 5.75 Å². The first-order chi connectivity index (χ1) is 10.9. The van der Waals surface area contributed by atoms with E-state index in [-0.39, 0.29) is 35.0 Å². The van der Waals surface area contributed by atoms with Gasteiger partial charge in [0, 0.05) is 19.8 Å². The predicted octanol–water partition coefficient (Wildman–Crippen LogP) is 1.45. The van der Waals surface area contributed by atoms with Crippen molar-refractivity contribution in [3.63, 3.8) is 0 Å². The quantitative estimate of drug-likeness (QED) is 0.783. The van der Waals surface area contributed by atoms with E-state index in [1.807, 2.05) is 0 Å². The fourth-order valence-corrected chi connectivity index (χ4v) is 3.45. The van der Waals surface area contributed by atoms with E-state index in [9.17, 15) is 13.2 Å². The summed E-state index contributed by atoms with van der Waals surface area (Å²) in [5, 5.41) is 5.87. The number of halogens is 1. The largest absolute Gasteiger partial charge is 0.492 e. The first-order valence-corrected chi connectivity index (χ1v) is 9.04. The molecule has 2 N–H and O–H groups in total. The Balaban J connectivity index is 0.00000288. The molecule has 1 fully saturated rings. The standard InChI is InChI=1S/C15H23N3O4S.ClH/c1-4-22-13-8-7-11(10-14(13)23(20,21)18(2)3)17-15(19)12-6-5-9-16-12;/h7-8,10,12,16H,4-6,9H2,1-3H3,(H,17,19);1H. The Kier molecular flexibility index (Phi) is 7.47. The van der Waals surface area contributed by atoms with Gasteiger partial charge in [0.05, 0.1) is 12.6 Å². The summed E-state index contributed by atoms with van der Waals surface area (Å²) in [4.78, 5) is 12.2. The van der Waals surface area contributed by atoms with E-state index in [4.69, 9.17) is 4.74 Å². The Morgan fingerprint density at radius 1 is 1.42 bits per heavy atom. The van der Waals surface area contributed by atoms with Gasteiger partial charge >= 0.3 is 0 Å². The summed E-state index contributed by atoms with van der Waals surface area (Å²) in [7, 11) is -0.751. The molecule has 2 rings (SSSR count). The highest BCUT2D eigenvalue weighted by Gasteiger charge is 2.25. The molecule has 0 aromatic heterocycles. The Labute approximate surface area is 149 Å². The molecule has 1 aliphatic rings. The van der Waals surface area contributed by atoms with E-state index in [0.29, 0.717) is 12.3 Å². The number of rotatable bonds is 6. The average Bonchev–Trinajstić information content (AvgIpc) is 3.03. The van der Waals surface area contributed by atoms with Crippen LogP contribution in [0.25, 0.3) is 0 Å². The molecule has 1 heterocycles. The second-order valence-electron chi connectivity index (χ2n) is 5.52. The van der Waals surface area contributed by atoms with Crippen LogP contribution in [0.4, 0.5) is 5.69 Å². The van der Waals surface area contributed by atoms with Crippen LogP contribution in [0.2, 0.25) is 0 Å². The molecule has 1 atom stereocenters. The summed E-state index contributed by atoms with van der Waals surface area (Å²) in [6.45, 7) is 2.96. The minimum absolute atomic E-state index is 0. The van der Waals surface area contributed by atoms with Crippen molar-refractivity contribution in [1.29, 1.82) is 0 Å². The highest BCUT2D eigenvalue weighted by Crippen LogP contribution is 2.29. The fraction of sp³-hybridized carbons (Fsp3) is 0.533. The monoisotopic (exact) mass is 377 g/mol. The molecule has 0 saturated carbocycles. The van der Waals surface area contributed by atoms with Gasteiger partial charge in [-0.2, -0.15) is 0 Å². The Hall–Kier alpha value is -1.35. The number of amides is 1. The van der Waals surface area contributed by atoms with Gasteiger partial charge in [-0.05, 0) is 44.5 Å². The van der Waals surface area contributed by atoms with Crippen molar-refractivity contribution in [2.75, 3.05) is 32.6 Å². The lowest BCUT2D eigenvalue weighted by atomic mass is 10.2. The number of nitrogens with one attached hydrogen (secondary N) is 2. The third kappa shape index (κ3) is 4.60. The maximum Gasteiger partial charge on any atom is 0.246 e. The van der Waals surface area contributed by atoms with E-state index in [2.05, 4.69) is 10.6 Å². The smallest absolute Gasteiger partial charge is 0.246 e. The summed E-state index contributed by atoms with van der Waals surface area (Å²) in [5.41, 5.74) is 0.438. The van der Waals surface area contributed by atoms with Gasteiger partial charge in [0.25, 0.3) is 0 Å². The van der Waals surface area contributed by atoms with E-state index < -0.39 is 10.0 Å². The SMILES string of the molecule is CCOc1ccc(NC(=O)C2CCCN2)cc1S(=O)(=O)N(C)C.Cl. The van der Waals surface area contributed by atoms with Crippen LogP contribution in [0.3, 0.4) is 0 Å². The van der Waals surface area contributed by atoms with Crippen molar-refractivity contribution >= 4 is 34.0 Å². The second-order valence-corrected chi connectivity index (χ2v) is 7.64. The molecular formula is C15H24ClN3O4S. The molecule has 1 aromatic carbocycles.